The van der Waals surface area contributed by atoms with Gasteiger partial charge in [-0.2, -0.15) is 8.78 Å². The molecule has 1 aromatic carbocycles. The Morgan fingerprint density at radius 1 is 0.957 bits per heavy atom. The maximum absolute atomic E-state index is 13.5. The van der Waals surface area contributed by atoms with E-state index in [1.54, 1.807) is 0 Å². The Kier molecular flexibility index (Phi) is 5.62. The quantitative estimate of drug-likeness (QED) is 0.271. The number of carbonyl (C=O) groups is 2. The van der Waals surface area contributed by atoms with E-state index in [4.69, 9.17) is 0 Å². The van der Waals surface area contributed by atoms with Crippen molar-refractivity contribution in [3.8, 4) is 5.75 Å². The van der Waals surface area contributed by atoms with E-state index in [0.717, 1.165) is 6.92 Å². The molecule has 0 spiro atoms. The van der Waals surface area contributed by atoms with Crippen molar-refractivity contribution in [3.05, 3.63) is 29.1 Å². The zero-order chi connectivity index (χ0) is 17.9. The van der Waals surface area contributed by atoms with Crippen LogP contribution in [0.1, 0.15) is 20.3 Å². The van der Waals surface area contributed by atoms with Crippen molar-refractivity contribution in [2.75, 3.05) is 6.61 Å². The molecule has 0 aliphatic rings. The summed E-state index contributed by atoms with van der Waals surface area (Å²) in [5.74, 6) is -16.8. The zero-order valence-corrected chi connectivity index (χ0v) is 11.8. The van der Waals surface area contributed by atoms with Crippen LogP contribution >= 0.6 is 0 Å². The Balaban J connectivity index is 2.86. The Morgan fingerprint density at radius 3 is 1.83 bits per heavy atom. The number of hydrogen-bond acceptors (Lipinski definition) is 4. The fourth-order valence-corrected chi connectivity index (χ4v) is 1.24. The minimum absolute atomic E-state index is 0.279. The number of carbonyl (C=O) groups excluding carboxylic acids is 2. The van der Waals surface area contributed by atoms with Crippen LogP contribution in [0.4, 0.5) is 26.3 Å². The molecule has 0 aliphatic carbocycles. The summed E-state index contributed by atoms with van der Waals surface area (Å²) >= 11 is 0. The molecule has 0 N–H and O–H groups in total. The highest BCUT2D eigenvalue weighted by atomic mass is 19.2. The van der Waals surface area contributed by atoms with Gasteiger partial charge < -0.3 is 9.47 Å². The molecule has 0 saturated carbocycles. The van der Waals surface area contributed by atoms with Gasteiger partial charge in [-0.15, -0.1) is 0 Å². The van der Waals surface area contributed by atoms with Crippen LogP contribution in [-0.2, 0) is 14.3 Å². The Bertz CT molecular complexity index is 615. The summed E-state index contributed by atoms with van der Waals surface area (Å²) in [4.78, 5) is 22.5. The van der Waals surface area contributed by atoms with Crippen LogP contribution in [0.2, 0.25) is 0 Å². The molecule has 0 radical (unpaired) electrons. The third kappa shape index (κ3) is 3.93. The van der Waals surface area contributed by atoms with Crippen LogP contribution in [0.3, 0.4) is 0 Å². The van der Waals surface area contributed by atoms with Crippen molar-refractivity contribution in [1.82, 2.24) is 0 Å². The van der Waals surface area contributed by atoms with Crippen LogP contribution < -0.4 is 4.74 Å². The van der Waals surface area contributed by atoms with E-state index < -0.39 is 59.0 Å². The largest absolute Gasteiger partial charge is 0.451 e. The Labute approximate surface area is 126 Å². The molecule has 0 bridgehead atoms. The average molecular weight is 344 g/mol. The van der Waals surface area contributed by atoms with Gasteiger partial charge in [0.15, 0.2) is 6.61 Å². The van der Waals surface area contributed by atoms with E-state index >= 15 is 0 Å². The zero-order valence-electron chi connectivity index (χ0n) is 11.8. The molecule has 1 unspecified atom stereocenters. The SMILES string of the molecule is CCC(C)(F)C(=O)OCC(=O)Oc1c(F)c(F)c(F)c(F)c1F. The summed E-state index contributed by atoms with van der Waals surface area (Å²) in [6.45, 7) is 0.900. The number of benzene rings is 1. The molecule has 4 nitrogen and oxygen atoms in total. The van der Waals surface area contributed by atoms with Crippen LogP contribution in [0.5, 0.6) is 5.75 Å². The first-order chi connectivity index (χ1) is 10.5. The van der Waals surface area contributed by atoms with E-state index in [1.165, 1.54) is 6.92 Å². The van der Waals surface area contributed by atoms with Crippen molar-refractivity contribution in [1.29, 1.82) is 0 Å². The van der Waals surface area contributed by atoms with Crippen molar-refractivity contribution in [3.63, 3.8) is 0 Å². The lowest BCUT2D eigenvalue weighted by molar-refractivity contribution is -0.163. The smallest absolute Gasteiger partial charge is 0.349 e. The Hall–Kier alpha value is -2.26. The first kappa shape index (κ1) is 18.8. The van der Waals surface area contributed by atoms with Gasteiger partial charge in [-0.1, -0.05) is 6.92 Å². The third-order valence-electron chi connectivity index (χ3n) is 2.80. The second kappa shape index (κ2) is 6.88. The summed E-state index contributed by atoms with van der Waals surface area (Å²) in [7, 11) is 0. The van der Waals surface area contributed by atoms with E-state index in [9.17, 15) is 35.9 Å². The van der Waals surface area contributed by atoms with Crippen LogP contribution in [0.15, 0.2) is 0 Å². The molecule has 0 heterocycles. The van der Waals surface area contributed by atoms with Crippen molar-refractivity contribution in [2.24, 2.45) is 0 Å². The van der Waals surface area contributed by atoms with Crippen LogP contribution in [-0.4, -0.2) is 24.2 Å². The van der Waals surface area contributed by atoms with Crippen molar-refractivity contribution < 1.29 is 45.4 Å². The molecule has 0 aliphatic heterocycles. The number of esters is 2. The van der Waals surface area contributed by atoms with Gasteiger partial charge in [0.1, 0.15) is 0 Å². The van der Waals surface area contributed by atoms with Gasteiger partial charge in [0.25, 0.3) is 0 Å². The molecular formula is C13H10F6O4. The maximum atomic E-state index is 13.5. The second-order valence-corrected chi connectivity index (χ2v) is 4.50. The third-order valence-corrected chi connectivity index (χ3v) is 2.80. The minimum atomic E-state index is -2.43. The minimum Gasteiger partial charge on any atom is -0.451 e. The standard InChI is InChI=1S/C13H10F6O4/c1-3-13(2,19)12(21)22-4-5(20)23-11-9(17)7(15)6(14)8(16)10(11)18/h3-4H2,1-2H3. The molecule has 0 saturated heterocycles. The number of rotatable bonds is 5. The van der Waals surface area contributed by atoms with Gasteiger partial charge in [0.2, 0.25) is 40.5 Å². The fraction of sp³-hybridized carbons (Fsp3) is 0.385. The van der Waals surface area contributed by atoms with Crippen molar-refractivity contribution >= 4 is 11.9 Å². The van der Waals surface area contributed by atoms with Gasteiger partial charge in [-0.25, -0.2) is 27.2 Å². The Morgan fingerprint density at radius 2 is 1.39 bits per heavy atom. The number of hydrogen-bond donors (Lipinski definition) is 0. The molecule has 0 aromatic heterocycles. The van der Waals surface area contributed by atoms with Gasteiger partial charge in [-0.3, -0.25) is 0 Å². The van der Waals surface area contributed by atoms with Gasteiger partial charge in [0.05, 0.1) is 0 Å². The highest BCUT2D eigenvalue weighted by Gasteiger charge is 2.34. The molecule has 1 rings (SSSR count). The normalized spacial score (nSPS) is 13.4. The second-order valence-electron chi connectivity index (χ2n) is 4.50. The lowest BCUT2D eigenvalue weighted by Gasteiger charge is -2.16. The van der Waals surface area contributed by atoms with Crippen LogP contribution in [0, 0.1) is 29.1 Å². The maximum Gasteiger partial charge on any atom is 0.349 e. The molecule has 128 valence electrons. The summed E-state index contributed by atoms with van der Waals surface area (Å²) < 4.78 is 86.7. The first-order valence-corrected chi connectivity index (χ1v) is 6.11. The van der Waals surface area contributed by atoms with E-state index in [1.807, 2.05) is 0 Å². The van der Waals surface area contributed by atoms with E-state index in [-0.39, 0.29) is 6.42 Å². The molecular weight excluding hydrogens is 334 g/mol. The number of alkyl halides is 1. The molecule has 0 amide bonds. The molecule has 0 fully saturated rings. The summed E-state index contributed by atoms with van der Waals surface area (Å²) in [6, 6.07) is 0. The molecule has 1 aromatic rings. The predicted molar refractivity (Wildman–Crippen MR) is 62.6 cm³/mol. The average Bonchev–Trinajstić information content (AvgIpc) is 2.52. The first-order valence-electron chi connectivity index (χ1n) is 6.11. The number of halogens is 6. The lowest BCUT2D eigenvalue weighted by atomic mass is 10.1. The molecule has 23 heavy (non-hydrogen) atoms. The predicted octanol–water partition coefficient (Wildman–Crippen LogP) is 2.97. The highest BCUT2D eigenvalue weighted by molar-refractivity contribution is 5.82. The van der Waals surface area contributed by atoms with Crippen molar-refractivity contribution in [2.45, 2.75) is 25.9 Å². The van der Waals surface area contributed by atoms with Gasteiger partial charge >= 0.3 is 11.9 Å². The number of ether oxygens (including phenoxy) is 2. The highest BCUT2D eigenvalue weighted by Crippen LogP contribution is 2.29. The monoisotopic (exact) mass is 344 g/mol. The molecule has 1 atom stereocenters. The summed E-state index contributed by atoms with van der Waals surface area (Å²) in [5, 5.41) is 0. The topological polar surface area (TPSA) is 52.6 Å². The van der Waals surface area contributed by atoms with Gasteiger partial charge in [-0.05, 0) is 13.3 Å². The van der Waals surface area contributed by atoms with Crippen LogP contribution in [0.25, 0.3) is 0 Å². The van der Waals surface area contributed by atoms with Gasteiger partial charge in [0, 0.05) is 0 Å². The van der Waals surface area contributed by atoms with E-state index in [0.29, 0.717) is 0 Å². The van der Waals surface area contributed by atoms with E-state index in [2.05, 4.69) is 9.47 Å². The summed E-state index contributed by atoms with van der Waals surface area (Å²) in [6.07, 6.45) is -0.279. The fourth-order valence-electron chi connectivity index (χ4n) is 1.24. The lowest BCUT2D eigenvalue weighted by Crippen LogP contribution is -2.33. The summed E-state index contributed by atoms with van der Waals surface area (Å²) in [5.41, 5.74) is -2.41. The molecule has 10 heteroatoms.